The first-order chi connectivity index (χ1) is 5.55. The Bertz CT molecular complexity index is 233. The maximum absolute atomic E-state index is 12.1. The van der Waals surface area contributed by atoms with Crippen LogP contribution in [0.15, 0.2) is 17.5 Å². The Hall–Kier alpha value is -0.590. The number of halogens is 3. The molecule has 1 rings (SSSR count). The molecule has 0 aliphatic heterocycles. The third kappa shape index (κ3) is 1.96. The number of nitrogens with one attached hydrogen (secondary N) is 1. The van der Waals surface area contributed by atoms with Crippen LogP contribution in [0.2, 0.25) is 0 Å². The molecule has 0 saturated carbocycles. The van der Waals surface area contributed by atoms with Crippen molar-refractivity contribution >= 4 is 11.3 Å². The van der Waals surface area contributed by atoms with Crippen LogP contribution in [-0.2, 0) is 0 Å². The second kappa shape index (κ2) is 3.42. The van der Waals surface area contributed by atoms with Gasteiger partial charge in [0, 0.05) is 4.88 Å². The number of thiophene rings is 1. The molecule has 0 saturated heterocycles. The van der Waals surface area contributed by atoms with Gasteiger partial charge in [-0.2, -0.15) is 18.7 Å². The molecule has 12 heavy (non-hydrogen) atoms. The molecular formula is C6H6F3NOS. The Morgan fingerprint density at radius 2 is 2.17 bits per heavy atom. The third-order valence-electron chi connectivity index (χ3n) is 1.28. The zero-order valence-corrected chi connectivity index (χ0v) is 6.62. The van der Waals surface area contributed by atoms with Crippen LogP contribution in [0.3, 0.4) is 0 Å². The van der Waals surface area contributed by atoms with Gasteiger partial charge >= 0.3 is 6.18 Å². The van der Waals surface area contributed by atoms with E-state index < -0.39 is 12.2 Å². The van der Waals surface area contributed by atoms with Crippen LogP contribution in [-0.4, -0.2) is 11.4 Å². The fourth-order valence-corrected chi connectivity index (χ4v) is 1.55. The van der Waals surface area contributed by atoms with E-state index in [1.54, 1.807) is 0 Å². The van der Waals surface area contributed by atoms with E-state index in [0.29, 0.717) is 0 Å². The van der Waals surface area contributed by atoms with Crippen LogP contribution in [0.5, 0.6) is 0 Å². The molecule has 6 heteroatoms. The summed E-state index contributed by atoms with van der Waals surface area (Å²) in [5, 5.41) is 9.79. The minimum Gasteiger partial charge on any atom is -0.316 e. The van der Waals surface area contributed by atoms with E-state index in [1.165, 1.54) is 23.0 Å². The summed E-state index contributed by atoms with van der Waals surface area (Å²) < 4.78 is 36.2. The van der Waals surface area contributed by atoms with Crippen molar-refractivity contribution in [1.82, 2.24) is 5.48 Å². The highest BCUT2D eigenvalue weighted by Gasteiger charge is 2.41. The normalized spacial score (nSPS) is 14.7. The van der Waals surface area contributed by atoms with Gasteiger partial charge in [0.2, 0.25) is 0 Å². The van der Waals surface area contributed by atoms with Crippen molar-refractivity contribution in [3.8, 4) is 0 Å². The Balaban J connectivity index is 2.84. The van der Waals surface area contributed by atoms with E-state index in [1.807, 2.05) is 0 Å². The van der Waals surface area contributed by atoms with Gasteiger partial charge in [-0.25, -0.2) is 0 Å². The van der Waals surface area contributed by atoms with Gasteiger partial charge in [-0.3, -0.25) is 0 Å². The first-order valence-corrected chi connectivity index (χ1v) is 3.93. The number of hydrogen-bond acceptors (Lipinski definition) is 3. The smallest absolute Gasteiger partial charge is 0.316 e. The maximum atomic E-state index is 12.1. The van der Waals surface area contributed by atoms with Crippen molar-refractivity contribution in [3.63, 3.8) is 0 Å². The van der Waals surface area contributed by atoms with Crippen molar-refractivity contribution in [1.29, 1.82) is 0 Å². The van der Waals surface area contributed by atoms with Gasteiger partial charge in [0.05, 0.1) is 0 Å². The molecule has 2 nitrogen and oxygen atoms in total. The molecule has 0 unspecified atom stereocenters. The lowest BCUT2D eigenvalue weighted by Crippen LogP contribution is -2.31. The van der Waals surface area contributed by atoms with Gasteiger partial charge in [-0.15, -0.1) is 11.3 Å². The molecule has 1 aromatic rings. The Labute approximate surface area is 70.6 Å². The topological polar surface area (TPSA) is 32.3 Å². The average Bonchev–Trinajstić information content (AvgIpc) is 2.38. The van der Waals surface area contributed by atoms with Crippen molar-refractivity contribution in [2.45, 2.75) is 12.2 Å². The highest BCUT2D eigenvalue weighted by molar-refractivity contribution is 7.10. The van der Waals surface area contributed by atoms with Crippen LogP contribution < -0.4 is 5.48 Å². The molecule has 0 fully saturated rings. The highest BCUT2D eigenvalue weighted by atomic mass is 32.1. The molecule has 0 spiro atoms. The summed E-state index contributed by atoms with van der Waals surface area (Å²) in [4.78, 5) is 0.0463. The first-order valence-electron chi connectivity index (χ1n) is 3.05. The van der Waals surface area contributed by atoms with Gasteiger partial charge < -0.3 is 5.21 Å². The van der Waals surface area contributed by atoms with E-state index in [2.05, 4.69) is 0 Å². The lowest BCUT2D eigenvalue weighted by Gasteiger charge is -2.16. The van der Waals surface area contributed by atoms with Crippen molar-refractivity contribution in [2.24, 2.45) is 0 Å². The SMILES string of the molecule is ON[C@H](c1cccs1)C(F)(F)F. The van der Waals surface area contributed by atoms with Crippen molar-refractivity contribution < 1.29 is 18.4 Å². The minimum atomic E-state index is -4.46. The molecule has 0 aliphatic rings. The van der Waals surface area contributed by atoms with E-state index in [-0.39, 0.29) is 4.88 Å². The van der Waals surface area contributed by atoms with E-state index in [0.717, 1.165) is 11.3 Å². The van der Waals surface area contributed by atoms with Gasteiger partial charge in [0.1, 0.15) is 0 Å². The number of rotatable bonds is 2. The van der Waals surface area contributed by atoms with Gasteiger partial charge in [0.15, 0.2) is 6.04 Å². The Kier molecular flexibility index (Phi) is 2.71. The summed E-state index contributed by atoms with van der Waals surface area (Å²) in [6.07, 6.45) is -4.46. The fourth-order valence-electron chi connectivity index (χ4n) is 0.754. The largest absolute Gasteiger partial charge is 0.410 e. The van der Waals surface area contributed by atoms with Crippen molar-refractivity contribution in [3.05, 3.63) is 22.4 Å². The summed E-state index contributed by atoms with van der Waals surface area (Å²) in [6, 6.07) is 0.833. The zero-order valence-electron chi connectivity index (χ0n) is 5.80. The standard InChI is InChI=1S/C6H6F3NOS/c7-6(8,9)5(10-11)4-2-1-3-12-4/h1-3,5,10-11H/t5-/m1/s1. The second-order valence-electron chi connectivity index (χ2n) is 2.12. The quantitative estimate of drug-likeness (QED) is 0.713. The third-order valence-corrected chi connectivity index (χ3v) is 2.22. The van der Waals surface area contributed by atoms with Crippen LogP contribution in [0.4, 0.5) is 13.2 Å². The average molecular weight is 197 g/mol. The fraction of sp³-hybridized carbons (Fsp3) is 0.333. The van der Waals surface area contributed by atoms with E-state index >= 15 is 0 Å². The first kappa shape index (κ1) is 9.50. The Morgan fingerprint density at radius 1 is 1.50 bits per heavy atom. The summed E-state index contributed by atoms with van der Waals surface area (Å²) in [5.41, 5.74) is 1.23. The molecular weight excluding hydrogens is 191 g/mol. The lowest BCUT2D eigenvalue weighted by atomic mass is 10.2. The second-order valence-corrected chi connectivity index (χ2v) is 3.10. The summed E-state index contributed by atoms with van der Waals surface area (Å²) in [5.74, 6) is 0. The number of alkyl halides is 3. The van der Waals surface area contributed by atoms with E-state index in [4.69, 9.17) is 5.21 Å². The van der Waals surface area contributed by atoms with Gasteiger partial charge in [0.25, 0.3) is 0 Å². The zero-order chi connectivity index (χ0) is 9.19. The molecule has 0 amide bonds. The number of hydrogen-bond donors (Lipinski definition) is 2. The lowest BCUT2D eigenvalue weighted by molar-refractivity contribution is -0.177. The van der Waals surface area contributed by atoms with Crippen LogP contribution in [0.25, 0.3) is 0 Å². The summed E-state index contributed by atoms with van der Waals surface area (Å²) >= 11 is 0.940. The van der Waals surface area contributed by atoms with Crippen molar-refractivity contribution in [2.75, 3.05) is 0 Å². The van der Waals surface area contributed by atoms with Crippen LogP contribution >= 0.6 is 11.3 Å². The predicted octanol–water partition coefficient (Wildman–Crippen LogP) is 2.33. The number of hydroxylamine groups is 1. The molecule has 68 valence electrons. The molecule has 0 radical (unpaired) electrons. The molecule has 1 aromatic heterocycles. The Morgan fingerprint density at radius 3 is 2.50 bits per heavy atom. The monoisotopic (exact) mass is 197 g/mol. The molecule has 0 bridgehead atoms. The molecule has 2 N–H and O–H groups in total. The summed E-state index contributed by atoms with van der Waals surface area (Å²) in [6.45, 7) is 0. The van der Waals surface area contributed by atoms with E-state index in [9.17, 15) is 13.2 Å². The van der Waals surface area contributed by atoms with Gasteiger partial charge in [-0.05, 0) is 11.4 Å². The molecule has 1 heterocycles. The van der Waals surface area contributed by atoms with Gasteiger partial charge in [-0.1, -0.05) is 6.07 Å². The van der Waals surface area contributed by atoms with Crippen LogP contribution in [0, 0.1) is 0 Å². The maximum Gasteiger partial charge on any atom is 0.410 e. The predicted molar refractivity (Wildman–Crippen MR) is 38.0 cm³/mol. The van der Waals surface area contributed by atoms with Crippen LogP contribution in [0.1, 0.15) is 10.9 Å². The molecule has 0 aliphatic carbocycles. The molecule has 0 aromatic carbocycles. The minimum absolute atomic E-state index is 0.0463. The summed E-state index contributed by atoms with van der Waals surface area (Å²) in [7, 11) is 0. The highest BCUT2D eigenvalue weighted by Crippen LogP contribution is 2.34. The molecule has 1 atom stereocenters.